The molecule has 0 aromatic heterocycles. The fraction of sp³-hybridized carbons (Fsp3) is 0.417. The molecule has 0 spiro atoms. The highest BCUT2D eigenvalue weighted by Gasteiger charge is 2.41. The number of piperazine rings is 1. The second-order valence-corrected chi connectivity index (χ2v) is 8.57. The van der Waals surface area contributed by atoms with Gasteiger partial charge in [-0.15, -0.1) is 0 Å². The van der Waals surface area contributed by atoms with Gasteiger partial charge in [-0.25, -0.2) is 9.59 Å². The Balaban J connectivity index is 0.000000333. The number of ether oxygens (including phenoxy) is 1. The number of nitrogens with zero attached hydrogens (tertiary/aromatic N) is 1. The van der Waals surface area contributed by atoms with Crippen LogP contribution in [0.2, 0.25) is 0 Å². The number of carboxylic acids is 2. The van der Waals surface area contributed by atoms with Crippen LogP contribution in [0.4, 0.5) is 39.5 Å². The highest BCUT2D eigenvalue weighted by Crippen LogP contribution is 2.45. The first-order valence-corrected chi connectivity index (χ1v) is 11.2. The predicted octanol–water partition coefficient (Wildman–Crippen LogP) is 5.42. The number of carbonyl (C=O) groups is 2. The van der Waals surface area contributed by atoms with Gasteiger partial charge in [0, 0.05) is 32.2 Å². The lowest BCUT2D eigenvalue weighted by Gasteiger charge is -2.30. The van der Waals surface area contributed by atoms with Gasteiger partial charge in [0.05, 0.1) is 12.7 Å². The first-order valence-electron chi connectivity index (χ1n) is 11.2. The van der Waals surface area contributed by atoms with E-state index in [1.54, 1.807) is 13.2 Å². The molecule has 0 bridgehead atoms. The zero-order chi connectivity index (χ0) is 30.6. The number of benzene rings is 2. The molecule has 2 aliphatic rings. The van der Waals surface area contributed by atoms with Crippen LogP contribution in [-0.2, 0) is 22.3 Å². The molecule has 40 heavy (non-hydrogen) atoms. The smallest absolute Gasteiger partial charge is 0.490 e. The number of aryl methyl sites for hydroxylation is 1. The van der Waals surface area contributed by atoms with Gasteiger partial charge in [0.2, 0.25) is 0 Å². The van der Waals surface area contributed by atoms with E-state index in [0.29, 0.717) is 30.0 Å². The van der Waals surface area contributed by atoms with Crippen LogP contribution in [0.5, 0.6) is 5.75 Å². The minimum atomic E-state index is -5.08. The zero-order valence-corrected chi connectivity index (χ0v) is 20.8. The molecule has 0 saturated carbocycles. The molecule has 2 aromatic carbocycles. The molecule has 2 aromatic rings. The highest BCUT2D eigenvalue weighted by molar-refractivity contribution is 5.73. The maximum Gasteiger partial charge on any atom is 0.490 e. The van der Waals surface area contributed by atoms with Gasteiger partial charge in [0.1, 0.15) is 5.75 Å². The Hall–Kier alpha value is -3.53. The van der Waals surface area contributed by atoms with E-state index in [1.807, 2.05) is 25.1 Å². The molecule has 0 radical (unpaired) electrons. The Kier molecular flexibility index (Phi) is 10.1. The third kappa shape index (κ3) is 8.24. The Morgan fingerprint density at radius 2 is 1.50 bits per heavy atom. The number of aliphatic carboxylic acids is 2. The number of hydrogen-bond donors (Lipinski definition) is 3. The summed E-state index contributed by atoms with van der Waals surface area (Å²) in [5.74, 6) is -4.81. The lowest BCUT2D eigenvalue weighted by molar-refractivity contribution is -0.193. The van der Waals surface area contributed by atoms with Crippen molar-refractivity contribution >= 4 is 11.9 Å². The SMILES string of the molecule is COc1ccc(-c2cc3c(c(C(F)(F)F)c2)CN2CCNC[C@@H]32)c(C)c1.O=C(O)C(F)(F)F.O=C(O)C(F)(F)F. The van der Waals surface area contributed by atoms with E-state index < -0.39 is 36.0 Å². The number of fused-ring (bicyclic) bond motifs is 3. The summed E-state index contributed by atoms with van der Waals surface area (Å²) in [6, 6.07) is 8.73. The van der Waals surface area contributed by atoms with Crippen LogP contribution in [0.25, 0.3) is 11.1 Å². The fourth-order valence-corrected chi connectivity index (χ4v) is 4.11. The Morgan fingerprint density at radius 3 is 1.95 bits per heavy atom. The van der Waals surface area contributed by atoms with Gasteiger partial charge in [0.15, 0.2) is 0 Å². The zero-order valence-electron chi connectivity index (χ0n) is 20.8. The number of nitrogens with one attached hydrogen (secondary N) is 1. The second kappa shape index (κ2) is 12.3. The van der Waals surface area contributed by atoms with Crippen molar-refractivity contribution in [1.29, 1.82) is 0 Å². The second-order valence-electron chi connectivity index (χ2n) is 8.57. The molecular formula is C24H23F9N2O5. The molecule has 0 amide bonds. The van der Waals surface area contributed by atoms with Crippen molar-refractivity contribution in [2.45, 2.75) is 38.0 Å². The molecule has 3 N–H and O–H groups in total. The van der Waals surface area contributed by atoms with Gasteiger partial charge in [0.25, 0.3) is 0 Å². The van der Waals surface area contributed by atoms with Crippen LogP contribution >= 0.6 is 0 Å². The monoisotopic (exact) mass is 590 g/mol. The number of carboxylic acid groups (broad SMARTS) is 2. The first-order chi connectivity index (χ1) is 18.3. The Morgan fingerprint density at radius 1 is 0.950 bits per heavy atom. The summed E-state index contributed by atoms with van der Waals surface area (Å²) in [5, 5.41) is 17.6. The quantitative estimate of drug-likeness (QED) is 0.402. The molecule has 0 aliphatic carbocycles. The van der Waals surface area contributed by atoms with Gasteiger partial charge in [-0.1, -0.05) is 6.07 Å². The van der Waals surface area contributed by atoms with Crippen molar-refractivity contribution in [3.05, 3.63) is 52.6 Å². The summed E-state index contributed by atoms with van der Waals surface area (Å²) >= 11 is 0. The summed E-state index contributed by atoms with van der Waals surface area (Å²) in [5.41, 5.74) is 3.05. The molecule has 222 valence electrons. The van der Waals surface area contributed by atoms with E-state index >= 15 is 0 Å². The molecule has 2 aliphatic heterocycles. The van der Waals surface area contributed by atoms with Crippen LogP contribution in [0.15, 0.2) is 30.3 Å². The molecular weight excluding hydrogens is 567 g/mol. The maximum atomic E-state index is 13.8. The van der Waals surface area contributed by atoms with E-state index in [9.17, 15) is 39.5 Å². The number of rotatable bonds is 2. The fourth-order valence-electron chi connectivity index (χ4n) is 4.11. The third-order valence-corrected chi connectivity index (χ3v) is 5.89. The van der Waals surface area contributed by atoms with E-state index in [-0.39, 0.29) is 6.04 Å². The lowest BCUT2D eigenvalue weighted by atomic mass is 9.91. The molecule has 4 rings (SSSR count). The van der Waals surface area contributed by atoms with Gasteiger partial charge in [-0.3, -0.25) is 4.90 Å². The van der Waals surface area contributed by atoms with Crippen molar-refractivity contribution in [1.82, 2.24) is 10.2 Å². The normalized spacial score (nSPS) is 16.9. The van der Waals surface area contributed by atoms with Gasteiger partial charge < -0.3 is 20.3 Å². The van der Waals surface area contributed by atoms with Crippen molar-refractivity contribution in [2.24, 2.45) is 0 Å². The van der Waals surface area contributed by atoms with Crippen molar-refractivity contribution in [3.8, 4) is 16.9 Å². The Labute approximate surface area is 221 Å². The summed E-state index contributed by atoms with van der Waals surface area (Å²) in [4.78, 5) is 19.9. The van der Waals surface area contributed by atoms with Gasteiger partial charge >= 0.3 is 30.5 Å². The first kappa shape index (κ1) is 32.7. The maximum absolute atomic E-state index is 13.8. The van der Waals surface area contributed by atoms with Crippen LogP contribution in [0.1, 0.15) is 28.3 Å². The largest absolute Gasteiger partial charge is 0.497 e. The van der Waals surface area contributed by atoms with Crippen LogP contribution < -0.4 is 10.1 Å². The molecule has 7 nitrogen and oxygen atoms in total. The van der Waals surface area contributed by atoms with Crippen molar-refractivity contribution in [2.75, 3.05) is 26.7 Å². The standard InChI is InChI=1S/C20H21F3N2O.2C2HF3O2/c1-12-7-14(26-2)3-4-15(12)13-8-16-17(18(9-13)20(21,22)23)11-25-6-5-24-10-19(16)25;2*3-2(4,5)1(6)7/h3-4,7-9,19,24H,5-6,10-11H2,1-2H3;2*(H,6,7)/t19-;;/m0../s1. The number of alkyl halides is 9. The average Bonchev–Trinajstić information content (AvgIpc) is 3.21. The van der Waals surface area contributed by atoms with E-state index in [4.69, 9.17) is 24.5 Å². The molecule has 16 heteroatoms. The number of hydrogen-bond acceptors (Lipinski definition) is 5. The summed E-state index contributed by atoms with van der Waals surface area (Å²) in [6.07, 6.45) is -14.5. The Bertz CT molecular complexity index is 1200. The molecule has 2 heterocycles. The lowest BCUT2D eigenvalue weighted by Crippen LogP contribution is -2.42. The third-order valence-electron chi connectivity index (χ3n) is 5.89. The molecule has 1 atom stereocenters. The average molecular weight is 590 g/mol. The van der Waals surface area contributed by atoms with Gasteiger partial charge in [-0.2, -0.15) is 39.5 Å². The molecule has 1 fully saturated rings. The molecule has 0 unspecified atom stereocenters. The van der Waals surface area contributed by atoms with E-state index in [0.717, 1.165) is 29.8 Å². The number of methoxy groups -OCH3 is 1. The van der Waals surface area contributed by atoms with E-state index in [2.05, 4.69) is 10.2 Å². The van der Waals surface area contributed by atoms with Crippen LogP contribution in [-0.4, -0.2) is 66.1 Å². The van der Waals surface area contributed by atoms with Crippen LogP contribution in [0, 0.1) is 6.92 Å². The van der Waals surface area contributed by atoms with Crippen molar-refractivity contribution < 1.29 is 64.1 Å². The van der Waals surface area contributed by atoms with Crippen molar-refractivity contribution in [3.63, 3.8) is 0 Å². The minimum Gasteiger partial charge on any atom is -0.497 e. The summed E-state index contributed by atoms with van der Waals surface area (Å²) in [7, 11) is 1.58. The van der Waals surface area contributed by atoms with Gasteiger partial charge in [-0.05, 0) is 59.0 Å². The minimum absolute atomic E-state index is 0.0124. The topological polar surface area (TPSA) is 99.1 Å². The van der Waals surface area contributed by atoms with Crippen LogP contribution in [0.3, 0.4) is 0 Å². The van der Waals surface area contributed by atoms with E-state index in [1.165, 1.54) is 6.07 Å². The summed E-state index contributed by atoms with van der Waals surface area (Å²) < 4.78 is 110. The predicted molar refractivity (Wildman–Crippen MR) is 122 cm³/mol. The summed E-state index contributed by atoms with van der Waals surface area (Å²) in [6.45, 7) is 4.55. The molecule has 1 saturated heterocycles. The highest BCUT2D eigenvalue weighted by atomic mass is 19.4. The number of halogens is 9.